The minimum absolute atomic E-state index is 0.549. The highest BCUT2D eigenvalue weighted by molar-refractivity contribution is 7.14. The van der Waals surface area contributed by atoms with Crippen molar-refractivity contribution in [2.75, 3.05) is 11.9 Å². The van der Waals surface area contributed by atoms with E-state index in [-0.39, 0.29) is 0 Å². The number of halogens is 1. The van der Waals surface area contributed by atoms with Crippen LogP contribution in [-0.2, 0) is 13.6 Å². The van der Waals surface area contributed by atoms with Crippen LogP contribution in [0.2, 0.25) is 5.15 Å². The number of nitrogens with zero attached hydrogens (tertiary/aromatic N) is 4. The van der Waals surface area contributed by atoms with Gasteiger partial charge in [-0.2, -0.15) is 5.10 Å². The van der Waals surface area contributed by atoms with Gasteiger partial charge in [0, 0.05) is 37.8 Å². The van der Waals surface area contributed by atoms with E-state index in [0.29, 0.717) is 5.15 Å². The minimum Gasteiger partial charge on any atom is -0.347 e. The van der Waals surface area contributed by atoms with Crippen LogP contribution in [-0.4, -0.2) is 21.8 Å². The molecule has 0 aliphatic carbocycles. The second kappa shape index (κ2) is 4.20. The van der Waals surface area contributed by atoms with Crippen LogP contribution < -0.4 is 4.90 Å². The maximum Gasteiger partial charge on any atom is 0.186 e. The summed E-state index contributed by atoms with van der Waals surface area (Å²) in [6, 6.07) is 0. The predicted molar refractivity (Wildman–Crippen MR) is 62.4 cm³/mol. The normalized spacial score (nSPS) is 10.6. The molecule has 0 aliphatic rings. The molecule has 0 spiro atoms. The van der Waals surface area contributed by atoms with Gasteiger partial charge in [0.2, 0.25) is 0 Å². The van der Waals surface area contributed by atoms with Crippen LogP contribution in [0.25, 0.3) is 0 Å². The largest absolute Gasteiger partial charge is 0.347 e. The van der Waals surface area contributed by atoms with Gasteiger partial charge in [0.15, 0.2) is 5.13 Å². The molecule has 0 fully saturated rings. The van der Waals surface area contributed by atoms with Crippen molar-refractivity contribution in [3.05, 3.63) is 28.5 Å². The molecule has 0 aromatic carbocycles. The van der Waals surface area contributed by atoms with Gasteiger partial charge in [0.05, 0.1) is 6.20 Å². The number of anilines is 1. The Morgan fingerprint density at radius 1 is 1.60 bits per heavy atom. The molecule has 15 heavy (non-hydrogen) atoms. The average molecular weight is 243 g/mol. The Morgan fingerprint density at radius 2 is 2.40 bits per heavy atom. The first-order valence-electron chi connectivity index (χ1n) is 4.45. The standard InChI is InChI=1S/C9H11ClN4S/c1-13(9-12-8(10)6-15-9)4-7-3-11-14(2)5-7/h3,5-6H,4H2,1-2H3. The van der Waals surface area contributed by atoms with E-state index in [1.165, 1.54) is 11.3 Å². The Hall–Kier alpha value is -1.07. The Bertz CT molecular complexity index is 450. The van der Waals surface area contributed by atoms with Crippen molar-refractivity contribution in [3.63, 3.8) is 0 Å². The maximum atomic E-state index is 5.77. The Kier molecular flexibility index (Phi) is 2.93. The van der Waals surface area contributed by atoms with Gasteiger partial charge in [-0.25, -0.2) is 4.98 Å². The topological polar surface area (TPSA) is 34.0 Å². The summed E-state index contributed by atoms with van der Waals surface area (Å²) in [6.45, 7) is 0.789. The molecule has 0 bridgehead atoms. The third-order valence-corrected chi connectivity index (χ3v) is 3.25. The van der Waals surface area contributed by atoms with E-state index >= 15 is 0 Å². The van der Waals surface area contributed by atoms with Crippen molar-refractivity contribution in [2.24, 2.45) is 7.05 Å². The van der Waals surface area contributed by atoms with Crippen molar-refractivity contribution in [2.45, 2.75) is 6.54 Å². The fraction of sp³-hybridized carbons (Fsp3) is 0.333. The SMILES string of the molecule is CN(Cc1cnn(C)c1)c1nc(Cl)cs1. The van der Waals surface area contributed by atoms with E-state index < -0.39 is 0 Å². The van der Waals surface area contributed by atoms with Crippen LogP contribution in [0.4, 0.5) is 5.13 Å². The van der Waals surface area contributed by atoms with Gasteiger partial charge in [-0.3, -0.25) is 4.68 Å². The molecule has 0 aliphatic heterocycles. The molecular weight excluding hydrogens is 232 g/mol. The maximum absolute atomic E-state index is 5.77. The summed E-state index contributed by atoms with van der Waals surface area (Å²) in [6.07, 6.45) is 3.84. The van der Waals surface area contributed by atoms with Crippen LogP contribution >= 0.6 is 22.9 Å². The summed E-state index contributed by atoms with van der Waals surface area (Å²) < 4.78 is 1.79. The summed E-state index contributed by atoms with van der Waals surface area (Å²) in [5.41, 5.74) is 1.16. The molecule has 6 heteroatoms. The second-order valence-electron chi connectivity index (χ2n) is 3.33. The van der Waals surface area contributed by atoms with E-state index in [0.717, 1.165) is 17.2 Å². The number of hydrogen-bond acceptors (Lipinski definition) is 4. The van der Waals surface area contributed by atoms with Crippen LogP contribution in [0.3, 0.4) is 0 Å². The lowest BCUT2D eigenvalue weighted by Gasteiger charge is -2.13. The molecule has 0 atom stereocenters. The summed E-state index contributed by atoms with van der Waals surface area (Å²) in [5.74, 6) is 0. The molecule has 2 aromatic rings. The molecule has 80 valence electrons. The summed E-state index contributed by atoms with van der Waals surface area (Å²) >= 11 is 7.31. The number of rotatable bonds is 3. The summed E-state index contributed by atoms with van der Waals surface area (Å²) in [5, 5.41) is 7.41. The number of aryl methyl sites for hydroxylation is 1. The first-order valence-corrected chi connectivity index (χ1v) is 5.70. The van der Waals surface area contributed by atoms with Crippen molar-refractivity contribution < 1.29 is 0 Å². The van der Waals surface area contributed by atoms with Gasteiger partial charge in [0.25, 0.3) is 0 Å². The molecular formula is C9H11ClN4S. The minimum atomic E-state index is 0.549. The second-order valence-corrected chi connectivity index (χ2v) is 4.55. The number of hydrogen-bond donors (Lipinski definition) is 0. The van der Waals surface area contributed by atoms with Gasteiger partial charge in [0.1, 0.15) is 5.15 Å². The molecule has 0 unspecified atom stereocenters. The fourth-order valence-corrected chi connectivity index (χ4v) is 2.23. The lowest BCUT2D eigenvalue weighted by Crippen LogP contribution is -2.15. The highest BCUT2D eigenvalue weighted by Crippen LogP contribution is 2.23. The monoisotopic (exact) mass is 242 g/mol. The van der Waals surface area contributed by atoms with E-state index in [2.05, 4.69) is 10.1 Å². The molecule has 0 saturated heterocycles. The van der Waals surface area contributed by atoms with Crippen molar-refractivity contribution in [1.82, 2.24) is 14.8 Å². The van der Waals surface area contributed by atoms with Crippen molar-refractivity contribution in [3.8, 4) is 0 Å². The number of aromatic nitrogens is 3. The van der Waals surface area contributed by atoms with Crippen LogP contribution in [0.1, 0.15) is 5.56 Å². The van der Waals surface area contributed by atoms with E-state index in [9.17, 15) is 0 Å². The Labute approximate surface area is 97.1 Å². The number of thiazole rings is 1. The van der Waals surface area contributed by atoms with Gasteiger partial charge in [-0.05, 0) is 0 Å². The lowest BCUT2D eigenvalue weighted by molar-refractivity contribution is 0.766. The molecule has 0 N–H and O–H groups in total. The Morgan fingerprint density at radius 3 is 2.93 bits per heavy atom. The molecule has 4 nitrogen and oxygen atoms in total. The van der Waals surface area contributed by atoms with Crippen LogP contribution in [0.5, 0.6) is 0 Å². The van der Waals surface area contributed by atoms with Gasteiger partial charge in [-0.1, -0.05) is 11.6 Å². The zero-order chi connectivity index (χ0) is 10.8. The average Bonchev–Trinajstić information content (AvgIpc) is 2.75. The van der Waals surface area contributed by atoms with Gasteiger partial charge in [-0.15, -0.1) is 11.3 Å². The molecule has 0 radical (unpaired) electrons. The van der Waals surface area contributed by atoms with Crippen molar-refractivity contribution in [1.29, 1.82) is 0 Å². The highest BCUT2D eigenvalue weighted by Gasteiger charge is 2.07. The summed E-state index contributed by atoms with van der Waals surface area (Å²) in [7, 11) is 3.89. The third-order valence-electron chi connectivity index (χ3n) is 1.97. The zero-order valence-electron chi connectivity index (χ0n) is 8.51. The molecule has 0 saturated carbocycles. The first-order chi connectivity index (χ1) is 7.15. The first kappa shape index (κ1) is 10.4. The van der Waals surface area contributed by atoms with E-state index in [1.54, 1.807) is 4.68 Å². The van der Waals surface area contributed by atoms with Crippen LogP contribution in [0, 0.1) is 0 Å². The van der Waals surface area contributed by atoms with E-state index in [1.807, 2.05) is 36.8 Å². The highest BCUT2D eigenvalue weighted by atomic mass is 35.5. The van der Waals surface area contributed by atoms with Gasteiger partial charge >= 0.3 is 0 Å². The van der Waals surface area contributed by atoms with Crippen LogP contribution in [0.15, 0.2) is 17.8 Å². The lowest BCUT2D eigenvalue weighted by atomic mass is 10.3. The molecule has 0 amide bonds. The van der Waals surface area contributed by atoms with Crippen molar-refractivity contribution >= 4 is 28.1 Å². The molecule has 2 rings (SSSR count). The van der Waals surface area contributed by atoms with Gasteiger partial charge < -0.3 is 4.90 Å². The molecule has 2 aromatic heterocycles. The zero-order valence-corrected chi connectivity index (χ0v) is 10.1. The predicted octanol–water partition coefficient (Wildman–Crippen LogP) is 2.17. The summed E-state index contributed by atoms with van der Waals surface area (Å²) in [4.78, 5) is 6.25. The quantitative estimate of drug-likeness (QED) is 0.827. The van der Waals surface area contributed by atoms with E-state index in [4.69, 9.17) is 11.6 Å². The third kappa shape index (κ3) is 2.49. The smallest absolute Gasteiger partial charge is 0.186 e. The molecule has 2 heterocycles. The Balaban J connectivity index is 2.06. The fourth-order valence-electron chi connectivity index (χ4n) is 1.32.